The van der Waals surface area contributed by atoms with Crippen LogP contribution in [0.4, 0.5) is 0 Å². The number of thiazole rings is 1. The van der Waals surface area contributed by atoms with Crippen molar-refractivity contribution < 1.29 is 18.3 Å². The standard InChI is InChI=1S/C8H12N2O4S2/c1-3-10(5-7(11)12)16(13,14)8-4-9-6(2)15-8/h4H,3,5H2,1-2H3,(H,11,12). The first kappa shape index (κ1) is 13.1. The van der Waals surface area contributed by atoms with Gasteiger partial charge in [0.2, 0.25) is 0 Å². The third-order valence-corrected chi connectivity index (χ3v) is 5.13. The van der Waals surface area contributed by atoms with E-state index in [9.17, 15) is 13.2 Å². The summed E-state index contributed by atoms with van der Waals surface area (Å²) in [5.41, 5.74) is 0. The van der Waals surface area contributed by atoms with Crippen molar-refractivity contribution in [3.63, 3.8) is 0 Å². The van der Waals surface area contributed by atoms with Crippen LogP contribution in [0.15, 0.2) is 10.4 Å². The van der Waals surface area contributed by atoms with Crippen LogP contribution in [0.3, 0.4) is 0 Å². The number of sulfonamides is 1. The van der Waals surface area contributed by atoms with Crippen LogP contribution >= 0.6 is 11.3 Å². The van der Waals surface area contributed by atoms with E-state index in [2.05, 4.69) is 4.98 Å². The van der Waals surface area contributed by atoms with E-state index in [1.165, 1.54) is 6.20 Å². The largest absolute Gasteiger partial charge is 0.480 e. The van der Waals surface area contributed by atoms with Gasteiger partial charge in [-0.2, -0.15) is 4.31 Å². The highest BCUT2D eigenvalue weighted by atomic mass is 32.2. The highest BCUT2D eigenvalue weighted by Gasteiger charge is 2.26. The number of aliphatic carboxylic acids is 1. The molecule has 8 heteroatoms. The second-order valence-corrected chi connectivity index (χ2v) is 6.42. The molecule has 0 fully saturated rings. The van der Waals surface area contributed by atoms with Gasteiger partial charge in [-0.25, -0.2) is 13.4 Å². The lowest BCUT2D eigenvalue weighted by Gasteiger charge is -2.16. The maximum atomic E-state index is 11.9. The van der Waals surface area contributed by atoms with Crippen LogP contribution in [0.5, 0.6) is 0 Å². The van der Waals surface area contributed by atoms with Gasteiger partial charge in [0.05, 0.1) is 11.2 Å². The van der Waals surface area contributed by atoms with Crippen molar-refractivity contribution in [3.05, 3.63) is 11.2 Å². The fourth-order valence-electron chi connectivity index (χ4n) is 1.11. The predicted molar refractivity (Wildman–Crippen MR) is 58.9 cm³/mol. The molecule has 0 atom stereocenters. The Morgan fingerprint density at radius 1 is 1.62 bits per heavy atom. The van der Waals surface area contributed by atoms with Crippen molar-refractivity contribution in [3.8, 4) is 0 Å². The van der Waals surface area contributed by atoms with Crippen molar-refractivity contribution in [1.82, 2.24) is 9.29 Å². The number of carbonyl (C=O) groups is 1. The summed E-state index contributed by atoms with van der Waals surface area (Å²) in [4.78, 5) is 14.4. The van der Waals surface area contributed by atoms with Gasteiger partial charge in [0.1, 0.15) is 6.54 Å². The first-order chi connectivity index (χ1) is 7.37. The van der Waals surface area contributed by atoms with E-state index in [4.69, 9.17) is 5.11 Å². The Kier molecular flexibility index (Phi) is 4.00. The molecule has 1 rings (SSSR count). The molecule has 90 valence electrons. The molecule has 0 bridgehead atoms. The summed E-state index contributed by atoms with van der Waals surface area (Å²) >= 11 is 1.03. The molecule has 1 aromatic heterocycles. The van der Waals surface area contributed by atoms with Gasteiger partial charge in [-0.1, -0.05) is 6.92 Å². The summed E-state index contributed by atoms with van der Waals surface area (Å²) in [6, 6.07) is 0. The monoisotopic (exact) mass is 264 g/mol. The molecular formula is C8H12N2O4S2. The van der Waals surface area contributed by atoms with Crippen molar-refractivity contribution in [1.29, 1.82) is 0 Å². The van der Waals surface area contributed by atoms with Crippen LogP contribution in [-0.2, 0) is 14.8 Å². The van der Waals surface area contributed by atoms with E-state index in [0.29, 0.717) is 5.01 Å². The summed E-state index contributed by atoms with van der Waals surface area (Å²) in [5.74, 6) is -1.17. The van der Waals surface area contributed by atoms with Crippen molar-refractivity contribution in [2.75, 3.05) is 13.1 Å². The molecule has 0 aromatic carbocycles. The van der Waals surface area contributed by atoms with E-state index in [1.807, 2.05) is 0 Å². The fraction of sp³-hybridized carbons (Fsp3) is 0.500. The zero-order valence-corrected chi connectivity index (χ0v) is 10.5. The van der Waals surface area contributed by atoms with Crippen LogP contribution in [0.1, 0.15) is 11.9 Å². The molecule has 6 nitrogen and oxygen atoms in total. The number of nitrogens with zero attached hydrogens (tertiary/aromatic N) is 2. The Bertz CT molecular complexity index is 480. The number of hydrogen-bond donors (Lipinski definition) is 1. The number of aromatic nitrogens is 1. The van der Waals surface area contributed by atoms with E-state index in [-0.39, 0.29) is 10.8 Å². The molecule has 1 N–H and O–H groups in total. The normalized spacial score (nSPS) is 11.9. The van der Waals surface area contributed by atoms with Crippen LogP contribution in [0, 0.1) is 6.92 Å². The lowest BCUT2D eigenvalue weighted by molar-refractivity contribution is -0.137. The van der Waals surface area contributed by atoms with Gasteiger partial charge in [0.25, 0.3) is 10.0 Å². The minimum Gasteiger partial charge on any atom is -0.480 e. The van der Waals surface area contributed by atoms with Crippen LogP contribution in [0.2, 0.25) is 0 Å². The summed E-state index contributed by atoms with van der Waals surface area (Å²) in [6.07, 6.45) is 1.25. The molecule has 0 amide bonds. The van der Waals surface area contributed by atoms with Gasteiger partial charge < -0.3 is 5.11 Å². The quantitative estimate of drug-likeness (QED) is 0.839. The average molecular weight is 264 g/mol. The molecule has 0 radical (unpaired) electrons. The maximum Gasteiger partial charge on any atom is 0.318 e. The Morgan fingerprint density at radius 3 is 2.62 bits per heavy atom. The third kappa shape index (κ3) is 2.77. The van der Waals surface area contributed by atoms with Gasteiger partial charge in [0.15, 0.2) is 4.21 Å². The molecular weight excluding hydrogens is 252 g/mol. The Morgan fingerprint density at radius 2 is 2.25 bits per heavy atom. The van der Waals surface area contributed by atoms with Gasteiger partial charge in [-0.3, -0.25) is 4.79 Å². The average Bonchev–Trinajstić information content (AvgIpc) is 2.61. The van der Waals surface area contributed by atoms with Crippen molar-refractivity contribution in [2.24, 2.45) is 0 Å². The summed E-state index contributed by atoms with van der Waals surface area (Å²) < 4.78 is 24.9. The zero-order valence-electron chi connectivity index (χ0n) is 8.87. The molecule has 1 heterocycles. The molecule has 0 saturated heterocycles. The molecule has 0 unspecified atom stereocenters. The predicted octanol–water partition coefficient (Wildman–Crippen LogP) is 0.547. The first-order valence-electron chi connectivity index (χ1n) is 4.52. The summed E-state index contributed by atoms with van der Waals surface area (Å²) in [6.45, 7) is 2.87. The van der Waals surface area contributed by atoms with E-state index in [0.717, 1.165) is 15.6 Å². The third-order valence-electron chi connectivity index (χ3n) is 1.86. The number of hydrogen-bond acceptors (Lipinski definition) is 5. The lowest BCUT2D eigenvalue weighted by atomic mass is 10.6. The van der Waals surface area contributed by atoms with Gasteiger partial charge in [-0.15, -0.1) is 11.3 Å². The second-order valence-electron chi connectivity index (χ2n) is 3.02. The van der Waals surface area contributed by atoms with E-state index >= 15 is 0 Å². The number of likely N-dealkylation sites (N-methyl/N-ethyl adjacent to an activating group) is 1. The molecule has 0 spiro atoms. The molecule has 0 aliphatic carbocycles. The molecule has 0 aliphatic rings. The number of carboxylic acid groups (broad SMARTS) is 1. The minimum absolute atomic E-state index is 0.0769. The van der Waals surface area contributed by atoms with E-state index in [1.54, 1.807) is 13.8 Å². The van der Waals surface area contributed by atoms with Gasteiger partial charge in [0, 0.05) is 6.54 Å². The maximum absolute atomic E-state index is 11.9. The van der Waals surface area contributed by atoms with Crippen molar-refractivity contribution in [2.45, 2.75) is 18.1 Å². The summed E-state index contributed by atoms with van der Waals surface area (Å²) in [7, 11) is -3.72. The van der Waals surface area contributed by atoms with Crippen LogP contribution in [0.25, 0.3) is 0 Å². The molecule has 0 saturated carbocycles. The second kappa shape index (κ2) is 4.89. The Hall–Kier alpha value is -0.990. The highest BCUT2D eigenvalue weighted by molar-refractivity contribution is 7.91. The molecule has 1 aromatic rings. The van der Waals surface area contributed by atoms with E-state index < -0.39 is 22.5 Å². The molecule has 0 aliphatic heterocycles. The first-order valence-corrected chi connectivity index (χ1v) is 6.78. The number of aryl methyl sites for hydroxylation is 1. The minimum atomic E-state index is -3.72. The number of rotatable bonds is 5. The Labute approximate surface area is 97.6 Å². The van der Waals surface area contributed by atoms with Crippen LogP contribution < -0.4 is 0 Å². The highest BCUT2D eigenvalue weighted by Crippen LogP contribution is 2.21. The van der Waals surface area contributed by atoms with Crippen molar-refractivity contribution >= 4 is 27.3 Å². The van der Waals surface area contributed by atoms with Crippen LogP contribution in [-0.4, -0.2) is 41.9 Å². The van der Waals surface area contributed by atoms with Gasteiger partial charge in [-0.05, 0) is 6.92 Å². The zero-order chi connectivity index (χ0) is 12.3. The SMILES string of the molecule is CCN(CC(=O)O)S(=O)(=O)c1cnc(C)s1. The molecule has 16 heavy (non-hydrogen) atoms. The Balaban J connectivity index is 3.04. The lowest BCUT2D eigenvalue weighted by Crippen LogP contribution is -2.35. The smallest absolute Gasteiger partial charge is 0.318 e. The topological polar surface area (TPSA) is 87.6 Å². The van der Waals surface area contributed by atoms with Gasteiger partial charge >= 0.3 is 5.97 Å². The fourth-order valence-corrected chi connectivity index (χ4v) is 3.77. The number of carboxylic acids is 1. The summed E-state index contributed by atoms with van der Waals surface area (Å²) in [5, 5.41) is 9.24.